The molecule has 0 atom stereocenters. The van der Waals surface area contributed by atoms with E-state index in [9.17, 15) is 13.2 Å². The van der Waals surface area contributed by atoms with Gasteiger partial charge in [-0.1, -0.05) is 23.8 Å². The van der Waals surface area contributed by atoms with Gasteiger partial charge in [-0.2, -0.15) is 4.31 Å². The molecule has 29 heavy (non-hydrogen) atoms. The highest BCUT2D eigenvalue weighted by Crippen LogP contribution is 2.25. The summed E-state index contributed by atoms with van der Waals surface area (Å²) in [4.78, 5) is 14.7. The SMILES string of the molecule is COc1ccc(C)cc1NC(=O)CN1CCN(S(=O)(=O)c2ccc(C)cc2)CC1. The molecule has 1 saturated heterocycles. The fourth-order valence-corrected chi connectivity index (χ4v) is 4.72. The Balaban J connectivity index is 1.56. The van der Waals surface area contributed by atoms with Crippen LogP contribution in [0.25, 0.3) is 0 Å². The van der Waals surface area contributed by atoms with Gasteiger partial charge in [-0.25, -0.2) is 8.42 Å². The van der Waals surface area contributed by atoms with Crippen molar-refractivity contribution in [1.82, 2.24) is 9.21 Å². The van der Waals surface area contributed by atoms with Crippen molar-refractivity contribution in [3.05, 3.63) is 53.6 Å². The third-order valence-corrected chi connectivity index (χ3v) is 6.90. The molecule has 0 aromatic heterocycles. The molecule has 1 heterocycles. The predicted molar refractivity (Wildman–Crippen MR) is 113 cm³/mol. The molecule has 0 radical (unpaired) electrons. The molecule has 3 rings (SSSR count). The van der Waals surface area contributed by atoms with Crippen molar-refractivity contribution in [3.63, 3.8) is 0 Å². The Morgan fingerprint density at radius 2 is 1.62 bits per heavy atom. The second-order valence-corrected chi connectivity index (χ2v) is 9.18. The van der Waals surface area contributed by atoms with Crippen LogP contribution >= 0.6 is 0 Å². The summed E-state index contributed by atoms with van der Waals surface area (Å²) in [6, 6.07) is 12.5. The van der Waals surface area contributed by atoms with Crippen LogP contribution in [0.1, 0.15) is 11.1 Å². The lowest BCUT2D eigenvalue weighted by atomic mass is 10.2. The summed E-state index contributed by atoms with van der Waals surface area (Å²) < 4.78 is 32.3. The molecular formula is C21H27N3O4S. The quantitative estimate of drug-likeness (QED) is 0.780. The largest absolute Gasteiger partial charge is 0.495 e. The first-order valence-electron chi connectivity index (χ1n) is 9.53. The van der Waals surface area contributed by atoms with E-state index < -0.39 is 10.0 Å². The van der Waals surface area contributed by atoms with Crippen molar-refractivity contribution >= 4 is 21.6 Å². The number of aryl methyl sites for hydroxylation is 2. The number of rotatable bonds is 6. The zero-order valence-electron chi connectivity index (χ0n) is 17.0. The van der Waals surface area contributed by atoms with Gasteiger partial charge in [0.1, 0.15) is 5.75 Å². The Labute approximate surface area is 172 Å². The number of ether oxygens (including phenoxy) is 1. The highest BCUT2D eigenvalue weighted by molar-refractivity contribution is 7.89. The average Bonchev–Trinajstić information content (AvgIpc) is 2.69. The van der Waals surface area contributed by atoms with E-state index in [1.54, 1.807) is 31.4 Å². The van der Waals surface area contributed by atoms with Crippen LogP contribution in [0.5, 0.6) is 5.75 Å². The van der Waals surface area contributed by atoms with E-state index in [-0.39, 0.29) is 12.5 Å². The van der Waals surface area contributed by atoms with Crippen LogP contribution < -0.4 is 10.1 Å². The third-order valence-electron chi connectivity index (χ3n) is 4.99. The summed E-state index contributed by atoms with van der Waals surface area (Å²) in [5.74, 6) is 0.460. The van der Waals surface area contributed by atoms with Crippen LogP contribution in [-0.2, 0) is 14.8 Å². The molecule has 0 saturated carbocycles. The Morgan fingerprint density at radius 1 is 1.00 bits per heavy atom. The maximum absolute atomic E-state index is 12.8. The highest BCUT2D eigenvalue weighted by atomic mass is 32.2. The normalized spacial score (nSPS) is 15.8. The maximum atomic E-state index is 12.8. The second-order valence-electron chi connectivity index (χ2n) is 7.25. The number of amides is 1. The fraction of sp³-hybridized carbons (Fsp3) is 0.381. The van der Waals surface area contributed by atoms with Crippen molar-refractivity contribution in [2.45, 2.75) is 18.7 Å². The number of nitrogens with one attached hydrogen (secondary N) is 1. The van der Waals surface area contributed by atoms with Gasteiger partial charge in [0.25, 0.3) is 0 Å². The topological polar surface area (TPSA) is 79.0 Å². The van der Waals surface area contributed by atoms with Gasteiger partial charge in [0.05, 0.1) is 24.2 Å². The van der Waals surface area contributed by atoms with Crippen LogP contribution in [-0.4, -0.2) is 63.4 Å². The Bertz CT molecular complexity index is 966. The van der Waals surface area contributed by atoms with Crippen molar-refractivity contribution < 1.29 is 17.9 Å². The highest BCUT2D eigenvalue weighted by Gasteiger charge is 2.29. The van der Waals surface area contributed by atoms with E-state index in [0.29, 0.717) is 42.5 Å². The minimum absolute atomic E-state index is 0.149. The van der Waals surface area contributed by atoms with Crippen LogP contribution in [0.4, 0.5) is 5.69 Å². The minimum Gasteiger partial charge on any atom is -0.495 e. The van der Waals surface area contributed by atoms with Gasteiger partial charge < -0.3 is 10.1 Å². The Morgan fingerprint density at radius 3 is 2.24 bits per heavy atom. The molecule has 2 aromatic carbocycles. The number of anilines is 1. The first-order valence-corrected chi connectivity index (χ1v) is 11.0. The summed E-state index contributed by atoms with van der Waals surface area (Å²) in [5, 5.41) is 2.88. The third kappa shape index (κ3) is 5.14. The molecule has 7 nitrogen and oxygen atoms in total. The van der Waals surface area contributed by atoms with Crippen LogP contribution in [0.3, 0.4) is 0 Å². The summed E-state index contributed by atoms with van der Waals surface area (Å²) >= 11 is 0. The summed E-state index contributed by atoms with van der Waals surface area (Å²) in [6.45, 7) is 5.80. The van der Waals surface area contributed by atoms with Crippen molar-refractivity contribution in [3.8, 4) is 5.75 Å². The summed E-state index contributed by atoms with van der Waals surface area (Å²) in [7, 11) is -1.94. The number of carbonyl (C=O) groups excluding carboxylic acids is 1. The minimum atomic E-state index is -3.50. The number of benzene rings is 2. The molecule has 0 spiro atoms. The lowest BCUT2D eigenvalue weighted by Gasteiger charge is -2.33. The molecule has 156 valence electrons. The molecule has 2 aromatic rings. The van der Waals surface area contributed by atoms with Gasteiger partial charge in [0.2, 0.25) is 15.9 Å². The Hall–Kier alpha value is -2.42. The number of nitrogens with zero attached hydrogens (tertiary/aromatic N) is 2. The fourth-order valence-electron chi connectivity index (χ4n) is 3.30. The van der Waals surface area contributed by atoms with E-state index in [0.717, 1.165) is 11.1 Å². The van der Waals surface area contributed by atoms with Crippen molar-refractivity contribution in [2.75, 3.05) is 45.2 Å². The number of methoxy groups -OCH3 is 1. The molecule has 1 aliphatic heterocycles. The first-order chi connectivity index (χ1) is 13.8. The second kappa shape index (κ2) is 8.94. The summed E-state index contributed by atoms with van der Waals surface area (Å²) in [6.07, 6.45) is 0. The number of hydrogen-bond acceptors (Lipinski definition) is 5. The lowest BCUT2D eigenvalue weighted by Crippen LogP contribution is -2.50. The maximum Gasteiger partial charge on any atom is 0.243 e. The number of carbonyl (C=O) groups is 1. The van der Waals surface area contributed by atoms with E-state index in [1.807, 2.05) is 36.9 Å². The van der Waals surface area contributed by atoms with Gasteiger partial charge in [0.15, 0.2) is 0 Å². The van der Waals surface area contributed by atoms with Crippen molar-refractivity contribution in [2.24, 2.45) is 0 Å². The molecule has 1 fully saturated rings. The predicted octanol–water partition coefficient (Wildman–Crippen LogP) is 2.26. The van der Waals surface area contributed by atoms with Gasteiger partial charge in [-0.3, -0.25) is 9.69 Å². The number of hydrogen-bond donors (Lipinski definition) is 1. The molecule has 0 bridgehead atoms. The standard InChI is InChI=1S/C21H27N3O4S/c1-16-4-7-18(8-5-16)29(26,27)24-12-10-23(11-13-24)15-21(25)22-19-14-17(2)6-9-20(19)28-3/h4-9,14H,10-13,15H2,1-3H3,(H,22,25). The van der Waals surface area contributed by atoms with Crippen LogP contribution in [0, 0.1) is 13.8 Å². The van der Waals surface area contributed by atoms with Gasteiger partial charge in [0, 0.05) is 26.2 Å². The average molecular weight is 418 g/mol. The van der Waals surface area contributed by atoms with Gasteiger partial charge in [-0.05, 0) is 43.7 Å². The molecule has 0 unspecified atom stereocenters. The monoisotopic (exact) mass is 417 g/mol. The van der Waals surface area contributed by atoms with Crippen LogP contribution in [0.2, 0.25) is 0 Å². The molecule has 0 aliphatic carbocycles. The smallest absolute Gasteiger partial charge is 0.243 e. The van der Waals surface area contributed by atoms with E-state index in [2.05, 4.69) is 5.32 Å². The molecule has 1 aliphatic rings. The zero-order chi connectivity index (χ0) is 21.0. The van der Waals surface area contributed by atoms with Gasteiger partial charge in [-0.15, -0.1) is 0 Å². The molecule has 8 heteroatoms. The Kier molecular flexibility index (Phi) is 6.56. The zero-order valence-corrected chi connectivity index (χ0v) is 17.8. The molecular weight excluding hydrogens is 390 g/mol. The van der Waals surface area contributed by atoms with E-state index in [4.69, 9.17) is 4.74 Å². The first kappa shape index (κ1) is 21.3. The number of piperazine rings is 1. The van der Waals surface area contributed by atoms with Gasteiger partial charge >= 0.3 is 0 Å². The van der Waals surface area contributed by atoms with E-state index >= 15 is 0 Å². The van der Waals surface area contributed by atoms with Crippen LogP contribution in [0.15, 0.2) is 47.4 Å². The summed E-state index contributed by atoms with van der Waals surface area (Å²) in [5.41, 5.74) is 2.68. The molecule has 1 amide bonds. The number of sulfonamides is 1. The lowest BCUT2D eigenvalue weighted by molar-refractivity contribution is -0.117. The van der Waals surface area contributed by atoms with Crippen molar-refractivity contribution in [1.29, 1.82) is 0 Å². The van der Waals surface area contributed by atoms with E-state index in [1.165, 1.54) is 4.31 Å². The molecule has 1 N–H and O–H groups in total.